The lowest BCUT2D eigenvalue weighted by Gasteiger charge is -2.13. The van der Waals surface area contributed by atoms with Gasteiger partial charge in [-0.3, -0.25) is 4.79 Å². The average molecular weight is 296 g/mol. The van der Waals surface area contributed by atoms with Gasteiger partial charge in [0.15, 0.2) is 5.78 Å². The maximum Gasteiger partial charge on any atom is 0.190 e. The first-order valence-corrected chi connectivity index (χ1v) is 7.80. The van der Waals surface area contributed by atoms with E-state index >= 15 is 0 Å². The first-order valence-electron chi connectivity index (χ1n) is 7.80. The fraction of sp³-hybridized carbons (Fsp3) is 0.0455. The monoisotopic (exact) mass is 296 g/mol. The second kappa shape index (κ2) is 5.69. The number of fused-ring (bicyclic) bond motifs is 1. The minimum Gasteiger partial charge on any atom is -0.289 e. The van der Waals surface area contributed by atoms with E-state index in [1.54, 1.807) is 0 Å². The van der Waals surface area contributed by atoms with Crippen molar-refractivity contribution in [3.8, 4) is 0 Å². The Labute approximate surface area is 135 Å². The van der Waals surface area contributed by atoms with Gasteiger partial charge < -0.3 is 0 Å². The highest BCUT2D eigenvalue weighted by molar-refractivity contribution is 6.17. The van der Waals surface area contributed by atoms with E-state index < -0.39 is 0 Å². The Balaban J connectivity index is 1.91. The van der Waals surface area contributed by atoms with Gasteiger partial charge in [-0.05, 0) is 22.8 Å². The molecule has 1 heteroatoms. The summed E-state index contributed by atoms with van der Waals surface area (Å²) in [5.74, 6) is 0.151. The quantitative estimate of drug-likeness (QED) is 0.601. The molecule has 1 aliphatic carbocycles. The van der Waals surface area contributed by atoms with E-state index in [1.807, 2.05) is 72.8 Å². The van der Waals surface area contributed by atoms with Crippen LogP contribution in [-0.2, 0) is 0 Å². The van der Waals surface area contributed by atoms with Crippen LogP contribution in [0, 0.1) is 0 Å². The van der Waals surface area contributed by atoms with Crippen LogP contribution in [0.15, 0.2) is 90.5 Å². The molecule has 0 fully saturated rings. The summed E-state index contributed by atoms with van der Waals surface area (Å²) in [5, 5.41) is 0. The molecule has 4 rings (SSSR count). The molecule has 1 aliphatic rings. The molecule has 1 nitrogen and oxygen atoms in total. The molecule has 1 unspecified atom stereocenters. The van der Waals surface area contributed by atoms with Crippen molar-refractivity contribution in [1.29, 1.82) is 0 Å². The van der Waals surface area contributed by atoms with Gasteiger partial charge in [0.1, 0.15) is 0 Å². The predicted octanol–water partition coefficient (Wildman–Crippen LogP) is 5.10. The molecule has 0 N–H and O–H groups in total. The van der Waals surface area contributed by atoms with Gasteiger partial charge >= 0.3 is 0 Å². The van der Waals surface area contributed by atoms with Crippen molar-refractivity contribution >= 4 is 11.9 Å². The number of Topliss-reactive ketones (excluding diaryl/α,β-unsaturated/α-hetero) is 1. The van der Waals surface area contributed by atoms with E-state index in [4.69, 9.17) is 0 Å². The molecule has 0 aliphatic heterocycles. The summed E-state index contributed by atoms with van der Waals surface area (Å²) >= 11 is 0. The largest absolute Gasteiger partial charge is 0.289 e. The van der Waals surface area contributed by atoms with Gasteiger partial charge in [0.2, 0.25) is 0 Å². The molecule has 1 atom stereocenters. The van der Waals surface area contributed by atoms with Gasteiger partial charge in [0.05, 0.1) is 0 Å². The molecule has 0 aromatic heterocycles. The van der Waals surface area contributed by atoms with Gasteiger partial charge in [0.25, 0.3) is 0 Å². The zero-order chi connectivity index (χ0) is 15.6. The van der Waals surface area contributed by atoms with Gasteiger partial charge in [-0.15, -0.1) is 0 Å². The molecule has 3 aromatic rings. The van der Waals surface area contributed by atoms with E-state index in [2.05, 4.69) is 18.2 Å². The van der Waals surface area contributed by atoms with Crippen molar-refractivity contribution < 1.29 is 4.79 Å². The van der Waals surface area contributed by atoms with Crippen LogP contribution >= 0.6 is 0 Å². The molecule has 0 spiro atoms. The van der Waals surface area contributed by atoms with E-state index in [0.717, 1.165) is 27.8 Å². The Hall–Kier alpha value is -2.93. The Bertz CT molecular complexity index is 876. The molecule has 23 heavy (non-hydrogen) atoms. The second-order valence-electron chi connectivity index (χ2n) is 5.77. The lowest BCUT2D eigenvalue weighted by molar-refractivity contribution is 0.103. The molecule has 0 bridgehead atoms. The summed E-state index contributed by atoms with van der Waals surface area (Å²) in [6.45, 7) is 0. The van der Waals surface area contributed by atoms with Crippen molar-refractivity contribution in [2.45, 2.75) is 5.92 Å². The highest BCUT2D eigenvalue weighted by Gasteiger charge is 2.34. The highest BCUT2D eigenvalue weighted by Crippen LogP contribution is 2.42. The Morgan fingerprint density at radius 2 is 1.30 bits per heavy atom. The average Bonchev–Trinajstić information content (AvgIpc) is 2.89. The number of carbonyl (C=O) groups excluding carboxylic acids is 1. The number of benzene rings is 3. The fourth-order valence-corrected chi connectivity index (χ4v) is 3.29. The summed E-state index contributed by atoms with van der Waals surface area (Å²) < 4.78 is 0. The van der Waals surface area contributed by atoms with E-state index in [0.29, 0.717) is 0 Å². The highest BCUT2D eigenvalue weighted by atomic mass is 16.1. The lowest BCUT2D eigenvalue weighted by atomic mass is 9.89. The molecular formula is C22H16O. The molecule has 0 saturated carbocycles. The molecule has 110 valence electrons. The topological polar surface area (TPSA) is 17.1 Å². The van der Waals surface area contributed by atoms with Crippen LogP contribution in [0.25, 0.3) is 6.08 Å². The van der Waals surface area contributed by atoms with E-state index in [-0.39, 0.29) is 11.7 Å². The number of carbonyl (C=O) groups is 1. The molecule has 3 aromatic carbocycles. The van der Waals surface area contributed by atoms with Crippen LogP contribution in [0.5, 0.6) is 0 Å². The minimum absolute atomic E-state index is 0.0140. The number of allylic oxidation sites excluding steroid dienone is 1. The fourth-order valence-electron chi connectivity index (χ4n) is 3.29. The maximum atomic E-state index is 12.9. The van der Waals surface area contributed by atoms with Crippen LogP contribution < -0.4 is 0 Å². The summed E-state index contributed by atoms with van der Waals surface area (Å²) in [4.78, 5) is 12.9. The summed E-state index contributed by atoms with van der Waals surface area (Å²) in [6, 6.07) is 28.2. The van der Waals surface area contributed by atoms with Crippen molar-refractivity contribution in [1.82, 2.24) is 0 Å². The van der Waals surface area contributed by atoms with Gasteiger partial charge in [-0.1, -0.05) is 84.9 Å². The minimum atomic E-state index is 0.0140. The standard InChI is InChI=1S/C22H16O/c23-22-19-14-8-7-13-18(19)21(17-11-5-2-6-12-17)20(22)15-16-9-3-1-4-10-16/h1-15,21H. The molecule has 0 heterocycles. The number of hydrogen-bond acceptors (Lipinski definition) is 1. The van der Waals surface area contributed by atoms with Gasteiger partial charge in [-0.25, -0.2) is 0 Å². The maximum absolute atomic E-state index is 12.9. The van der Waals surface area contributed by atoms with Crippen LogP contribution in [0.1, 0.15) is 33.0 Å². The predicted molar refractivity (Wildman–Crippen MR) is 93.5 cm³/mol. The van der Waals surface area contributed by atoms with Crippen molar-refractivity contribution in [3.05, 3.63) is 113 Å². The molecule has 0 amide bonds. The summed E-state index contributed by atoms with van der Waals surface area (Å²) in [5.41, 5.74) is 5.00. The van der Waals surface area contributed by atoms with Crippen molar-refractivity contribution in [3.63, 3.8) is 0 Å². The molecule has 0 saturated heterocycles. The first-order chi connectivity index (χ1) is 11.3. The Morgan fingerprint density at radius 3 is 2.04 bits per heavy atom. The zero-order valence-electron chi connectivity index (χ0n) is 12.6. The first kappa shape index (κ1) is 13.7. The third-order valence-electron chi connectivity index (χ3n) is 4.34. The number of hydrogen-bond donors (Lipinski definition) is 0. The normalized spacial score (nSPS) is 18.2. The van der Waals surface area contributed by atoms with Gasteiger partial charge in [0, 0.05) is 17.1 Å². The third kappa shape index (κ3) is 2.40. The van der Waals surface area contributed by atoms with Gasteiger partial charge in [-0.2, -0.15) is 0 Å². The van der Waals surface area contributed by atoms with Crippen LogP contribution in [0.4, 0.5) is 0 Å². The Kier molecular flexibility index (Phi) is 3.39. The van der Waals surface area contributed by atoms with Crippen LogP contribution in [0.2, 0.25) is 0 Å². The third-order valence-corrected chi connectivity index (χ3v) is 4.34. The summed E-state index contributed by atoms with van der Waals surface area (Å²) in [7, 11) is 0. The summed E-state index contributed by atoms with van der Waals surface area (Å²) in [6.07, 6.45) is 2.03. The van der Waals surface area contributed by atoms with Crippen molar-refractivity contribution in [2.75, 3.05) is 0 Å². The second-order valence-corrected chi connectivity index (χ2v) is 5.77. The smallest absolute Gasteiger partial charge is 0.190 e. The molecule has 0 radical (unpaired) electrons. The number of rotatable bonds is 2. The lowest BCUT2D eigenvalue weighted by Crippen LogP contribution is -2.02. The SMILES string of the molecule is O=C1C(=Cc2ccccc2)C(c2ccccc2)c2ccccc21. The van der Waals surface area contributed by atoms with E-state index in [9.17, 15) is 4.79 Å². The van der Waals surface area contributed by atoms with E-state index in [1.165, 1.54) is 0 Å². The van der Waals surface area contributed by atoms with Crippen LogP contribution in [-0.4, -0.2) is 5.78 Å². The number of ketones is 1. The molecular weight excluding hydrogens is 280 g/mol. The Morgan fingerprint density at radius 1 is 0.696 bits per heavy atom. The van der Waals surface area contributed by atoms with Crippen LogP contribution in [0.3, 0.4) is 0 Å². The van der Waals surface area contributed by atoms with Crippen molar-refractivity contribution in [2.24, 2.45) is 0 Å². The zero-order valence-corrected chi connectivity index (χ0v) is 12.6.